The van der Waals surface area contributed by atoms with Gasteiger partial charge >= 0.3 is 12.1 Å². The molecule has 1 saturated heterocycles. The summed E-state index contributed by atoms with van der Waals surface area (Å²) < 4.78 is 38.7. The van der Waals surface area contributed by atoms with Crippen molar-refractivity contribution in [2.24, 2.45) is 0 Å². The van der Waals surface area contributed by atoms with Crippen LogP contribution in [0.3, 0.4) is 0 Å². The summed E-state index contributed by atoms with van der Waals surface area (Å²) in [6.45, 7) is 3.30. The van der Waals surface area contributed by atoms with Gasteiger partial charge in [0.1, 0.15) is 0 Å². The number of likely N-dealkylation sites (N-methyl/N-ethyl adjacent to an activating group) is 1. The number of benzene rings is 1. The number of likely N-dealkylation sites (tertiary alicyclic amines) is 1. The van der Waals surface area contributed by atoms with E-state index in [0.29, 0.717) is 25.2 Å². The zero-order valence-corrected chi connectivity index (χ0v) is 11.9. The van der Waals surface area contributed by atoms with Crippen LogP contribution in [0.15, 0.2) is 18.2 Å². The predicted octanol–water partition coefficient (Wildman–Crippen LogP) is 2.69. The van der Waals surface area contributed by atoms with E-state index >= 15 is 0 Å². The SMILES string of the molecule is Cc1ccc2c(c1)[C@@H]1CN(C)CC[C@H]1N2C(=O)C(F)(F)F. The molecule has 0 aromatic heterocycles. The third-order valence-corrected chi connectivity index (χ3v) is 4.41. The first-order valence-corrected chi connectivity index (χ1v) is 6.98. The molecule has 2 heterocycles. The maximum Gasteiger partial charge on any atom is 0.471 e. The van der Waals surface area contributed by atoms with Gasteiger partial charge in [-0.25, -0.2) is 0 Å². The first-order chi connectivity index (χ1) is 9.79. The smallest absolute Gasteiger partial charge is 0.306 e. The fourth-order valence-corrected chi connectivity index (χ4v) is 3.48. The highest BCUT2D eigenvalue weighted by Gasteiger charge is 2.51. The minimum absolute atomic E-state index is 0.0371. The zero-order valence-electron chi connectivity index (χ0n) is 11.9. The molecule has 1 aromatic rings. The maximum absolute atomic E-state index is 12.9. The van der Waals surface area contributed by atoms with Gasteiger partial charge in [0.05, 0.1) is 0 Å². The molecular weight excluding hydrogens is 281 g/mol. The topological polar surface area (TPSA) is 23.6 Å². The Morgan fingerprint density at radius 2 is 2.05 bits per heavy atom. The van der Waals surface area contributed by atoms with Gasteiger partial charge in [0, 0.05) is 24.2 Å². The highest BCUT2D eigenvalue weighted by Crippen LogP contribution is 2.46. The number of aryl methyl sites for hydroxylation is 1. The number of hydrogen-bond acceptors (Lipinski definition) is 2. The van der Waals surface area contributed by atoms with Crippen LogP contribution in [0.25, 0.3) is 0 Å². The standard InChI is InChI=1S/C15H17F3N2O/c1-9-3-4-12-10(7-9)11-8-19(2)6-5-13(11)20(12)14(21)15(16,17)18/h3-4,7,11,13H,5-6,8H2,1-2H3/t11-,13+/m0/s1. The van der Waals surface area contributed by atoms with E-state index in [9.17, 15) is 18.0 Å². The van der Waals surface area contributed by atoms with E-state index in [0.717, 1.165) is 16.0 Å². The molecule has 3 rings (SSSR count). The summed E-state index contributed by atoms with van der Waals surface area (Å²) >= 11 is 0. The third kappa shape index (κ3) is 2.31. The molecule has 0 unspecified atom stereocenters. The number of carbonyl (C=O) groups excluding carboxylic acids is 1. The van der Waals surface area contributed by atoms with E-state index in [-0.39, 0.29) is 12.0 Å². The van der Waals surface area contributed by atoms with Gasteiger partial charge in [-0.1, -0.05) is 17.7 Å². The number of piperidine rings is 1. The molecule has 1 fully saturated rings. The molecule has 1 aromatic carbocycles. The van der Waals surface area contributed by atoms with Crippen molar-refractivity contribution in [3.05, 3.63) is 29.3 Å². The number of amides is 1. The Bertz CT molecular complexity index is 585. The number of fused-ring (bicyclic) bond motifs is 3. The zero-order chi connectivity index (χ0) is 15.4. The molecule has 0 aliphatic carbocycles. The van der Waals surface area contributed by atoms with Gasteiger partial charge in [-0.3, -0.25) is 4.79 Å². The van der Waals surface area contributed by atoms with Gasteiger partial charge in [-0.2, -0.15) is 13.2 Å². The lowest BCUT2D eigenvalue weighted by Gasteiger charge is -2.36. The molecule has 2 aliphatic rings. The number of halogens is 3. The molecule has 2 aliphatic heterocycles. The molecule has 0 radical (unpaired) electrons. The van der Waals surface area contributed by atoms with Crippen LogP contribution in [-0.2, 0) is 4.79 Å². The lowest BCUT2D eigenvalue weighted by molar-refractivity contribution is -0.171. The van der Waals surface area contributed by atoms with Crippen molar-refractivity contribution in [2.45, 2.75) is 31.5 Å². The summed E-state index contributed by atoms with van der Waals surface area (Å²) in [5.74, 6) is -1.78. The van der Waals surface area contributed by atoms with E-state index in [1.165, 1.54) is 0 Å². The first kappa shape index (κ1) is 14.4. The summed E-state index contributed by atoms with van der Waals surface area (Å²) in [4.78, 5) is 14.9. The normalized spacial score (nSPS) is 25.7. The Morgan fingerprint density at radius 1 is 1.33 bits per heavy atom. The van der Waals surface area contributed by atoms with Crippen molar-refractivity contribution in [1.82, 2.24) is 4.90 Å². The maximum atomic E-state index is 12.9. The van der Waals surface area contributed by atoms with Crippen molar-refractivity contribution in [3.63, 3.8) is 0 Å². The van der Waals surface area contributed by atoms with E-state index in [2.05, 4.69) is 4.90 Å². The Balaban J connectivity index is 2.07. The Labute approximate surface area is 121 Å². The van der Waals surface area contributed by atoms with Gasteiger partial charge in [-0.15, -0.1) is 0 Å². The molecule has 2 atom stereocenters. The summed E-state index contributed by atoms with van der Waals surface area (Å²) in [7, 11) is 1.96. The summed E-state index contributed by atoms with van der Waals surface area (Å²) in [6, 6.07) is 4.94. The highest BCUT2D eigenvalue weighted by atomic mass is 19.4. The minimum Gasteiger partial charge on any atom is -0.306 e. The van der Waals surface area contributed by atoms with Crippen LogP contribution in [0.2, 0.25) is 0 Å². The average molecular weight is 298 g/mol. The van der Waals surface area contributed by atoms with Crippen molar-refractivity contribution in [2.75, 3.05) is 25.0 Å². The van der Waals surface area contributed by atoms with E-state index in [1.807, 2.05) is 20.0 Å². The van der Waals surface area contributed by atoms with Crippen LogP contribution in [0.5, 0.6) is 0 Å². The van der Waals surface area contributed by atoms with Crippen molar-refractivity contribution < 1.29 is 18.0 Å². The molecular formula is C15H17F3N2O. The van der Waals surface area contributed by atoms with E-state index in [4.69, 9.17) is 0 Å². The summed E-state index contributed by atoms with van der Waals surface area (Å²) in [6.07, 6.45) is -4.27. The molecule has 0 bridgehead atoms. The van der Waals surface area contributed by atoms with Crippen molar-refractivity contribution >= 4 is 11.6 Å². The monoisotopic (exact) mass is 298 g/mol. The molecule has 0 saturated carbocycles. The van der Waals surface area contributed by atoms with Crippen molar-refractivity contribution in [3.8, 4) is 0 Å². The van der Waals surface area contributed by atoms with Crippen LogP contribution < -0.4 is 4.90 Å². The third-order valence-electron chi connectivity index (χ3n) is 4.41. The Hall–Kier alpha value is -1.56. The van der Waals surface area contributed by atoms with Crippen LogP contribution >= 0.6 is 0 Å². The quantitative estimate of drug-likeness (QED) is 0.735. The molecule has 1 amide bonds. The highest BCUT2D eigenvalue weighted by molar-refractivity contribution is 6.00. The largest absolute Gasteiger partial charge is 0.471 e. The molecule has 3 nitrogen and oxygen atoms in total. The first-order valence-electron chi connectivity index (χ1n) is 6.98. The average Bonchev–Trinajstić information content (AvgIpc) is 2.70. The molecule has 6 heteroatoms. The van der Waals surface area contributed by atoms with Crippen LogP contribution in [0, 0.1) is 6.92 Å². The predicted molar refractivity (Wildman–Crippen MR) is 73.4 cm³/mol. The van der Waals surface area contributed by atoms with Crippen molar-refractivity contribution in [1.29, 1.82) is 0 Å². The fourth-order valence-electron chi connectivity index (χ4n) is 3.48. The second-order valence-corrected chi connectivity index (χ2v) is 5.96. The number of rotatable bonds is 0. The van der Waals surface area contributed by atoms with Gasteiger partial charge in [-0.05, 0) is 38.6 Å². The van der Waals surface area contributed by atoms with Gasteiger partial charge in [0.25, 0.3) is 0 Å². The van der Waals surface area contributed by atoms with Gasteiger partial charge in [0.2, 0.25) is 0 Å². The number of anilines is 1. The second-order valence-electron chi connectivity index (χ2n) is 5.96. The van der Waals surface area contributed by atoms with Gasteiger partial charge in [0.15, 0.2) is 0 Å². The van der Waals surface area contributed by atoms with E-state index < -0.39 is 12.1 Å². The Kier molecular flexibility index (Phi) is 3.24. The fraction of sp³-hybridized carbons (Fsp3) is 0.533. The van der Waals surface area contributed by atoms with Gasteiger partial charge < -0.3 is 9.80 Å². The van der Waals surface area contributed by atoms with Crippen LogP contribution in [0.4, 0.5) is 18.9 Å². The number of alkyl halides is 3. The molecule has 0 N–H and O–H groups in total. The minimum atomic E-state index is -4.83. The summed E-state index contributed by atoms with van der Waals surface area (Å²) in [5.41, 5.74) is 2.29. The second kappa shape index (κ2) is 4.73. The number of carbonyl (C=O) groups is 1. The molecule has 21 heavy (non-hydrogen) atoms. The van der Waals surface area contributed by atoms with Crippen LogP contribution in [-0.4, -0.2) is 43.2 Å². The lowest BCUT2D eigenvalue weighted by atomic mass is 9.89. The van der Waals surface area contributed by atoms with Crippen LogP contribution in [0.1, 0.15) is 23.5 Å². The van der Waals surface area contributed by atoms with E-state index in [1.54, 1.807) is 12.1 Å². The number of hydrogen-bond donors (Lipinski definition) is 0. The number of nitrogens with zero attached hydrogens (tertiary/aromatic N) is 2. The lowest BCUT2D eigenvalue weighted by Crippen LogP contribution is -2.50. The molecule has 114 valence electrons. The summed E-state index contributed by atoms with van der Waals surface area (Å²) in [5, 5.41) is 0. The molecule has 0 spiro atoms. The Morgan fingerprint density at radius 3 is 2.71 bits per heavy atom.